The molecular formula is C11H19F3N2O. The molecule has 1 unspecified atom stereocenters. The minimum absolute atomic E-state index is 0.0480. The number of nitrogens with two attached hydrogens (primary N) is 1. The Bertz CT molecular complexity index is 291. The van der Waals surface area contributed by atoms with Gasteiger partial charge in [-0.2, -0.15) is 13.2 Å². The third kappa shape index (κ3) is 2.56. The van der Waals surface area contributed by atoms with Gasteiger partial charge in [0.1, 0.15) is 0 Å². The van der Waals surface area contributed by atoms with Crippen LogP contribution in [0.1, 0.15) is 33.1 Å². The quantitative estimate of drug-likeness (QED) is 0.834. The van der Waals surface area contributed by atoms with Crippen molar-refractivity contribution in [2.45, 2.75) is 44.8 Å². The van der Waals surface area contributed by atoms with Gasteiger partial charge in [0.05, 0.1) is 0 Å². The van der Waals surface area contributed by atoms with Crippen LogP contribution in [-0.2, 0) is 4.79 Å². The molecule has 0 aromatic carbocycles. The Hall–Kier alpha value is -0.780. The molecule has 1 aliphatic heterocycles. The lowest BCUT2D eigenvalue weighted by Crippen LogP contribution is -2.61. The van der Waals surface area contributed by atoms with Crippen molar-refractivity contribution in [2.75, 3.05) is 13.1 Å². The number of nitrogens with zero attached hydrogens (tertiary/aromatic N) is 1. The van der Waals surface area contributed by atoms with Gasteiger partial charge in [0.2, 0.25) is 5.91 Å². The van der Waals surface area contributed by atoms with E-state index in [0.717, 1.165) is 4.90 Å². The van der Waals surface area contributed by atoms with Crippen LogP contribution in [0, 0.1) is 5.92 Å². The molecule has 0 aromatic heterocycles. The Labute approximate surface area is 99.1 Å². The number of carbonyl (C=O) groups excluding carboxylic acids is 1. The van der Waals surface area contributed by atoms with E-state index in [9.17, 15) is 18.0 Å². The highest BCUT2D eigenvalue weighted by Gasteiger charge is 2.60. The van der Waals surface area contributed by atoms with Crippen LogP contribution in [-0.4, -0.2) is 35.6 Å². The van der Waals surface area contributed by atoms with Crippen LogP contribution in [0.5, 0.6) is 0 Å². The molecule has 3 nitrogen and oxygen atoms in total. The van der Waals surface area contributed by atoms with E-state index in [1.807, 2.05) is 13.8 Å². The maximum atomic E-state index is 13.1. The molecule has 1 saturated heterocycles. The van der Waals surface area contributed by atoms with Crippen LogP contribution in [0.25, 0.3) is 0 Å². The second kappa shape index (κ2) is 4.84. The van der Waals surface area contributed by atoms with Gasteiger partial charge < -0.3 is 10.6 Å². The predicted molar refractivity (Wildman–Crippen MR) is 58.2 cm³/mol. The maximum Gasteiger partial charge on any atom is 0.412 e. The Morgan fingerprint density at radius 3 is 2.47 bits per heavy atom. The van der Waals surface area contributed by atoms with Gasteiger partial charge in [-0.05, 0) is 18.8 Å². The molecule has 0 aromatic rings. The van der Waals surface area contributed by atoms with Gasteiger partial charge in [0.25, 0.3) is 0 Å². The summed E-state index contributed by atoms with van der Waals surface area (Å²) >= 11 is 0. The topological polar surface area (TPSA) is 46.3 Å². The summed E-state index contributed by atoms with van der Waals surface area (Å²) in [6.45, 7) is 3.22. The summed E-state index contributed by atoms with van der Waals surface area (Å²) in [4.78, 5) is 12.8. The van der Waals surface area contributed by atoms with Crippen LogP contribution in [0.3, 0.4) is 0 Å². The number of likely N-dealkylation sites (tertiary alicyclic amines) is 1. The summed E-state index contributed by atoms with van der Waals surface area (Å²) in [5.74, 6) is -0.396. The van der Waals surface area contributed by atoms with E-state index in [0.29, 0.717) is 6.42 Å². The summed E-state index contributed by atoms with van der Waals surface area (Å²) in [7, 11) is 0. The highest BCUT2D eigenvalue weighted by molar-refractivity contribution is 5.77. The maximum absolute atomic E-state index is 13.1. The molecule has 1 atom stereocenters. The molecule has 0 saturated carbocycles. The largest absolute Gasteiger partial charge is 0.412 e. The summed E-state index contributed by atoms with van der Waals surface area (Å²) < 4.78 is 39.3. The first-order valence-corrected chi connectivity index (χ1v) is 5.82. The summed E-state index contributed by atoms with van der Waals surface area (Å²) in [6.07, 6.45) is -4.04. The number of carbonyl (C=O) groups is 1. The highest BCUT2D eigenvalue weighted by Crippen LogP contribution is 2.42. The van der Waals surface area contributed by atoms with Gasteiger partial charge in [0, 0.05) is 19.5 Å². The van der Waals surface area contributed by atoms with Crippen molar-refractivity contribution in [1.29, 1.82) is 0 Å². The van der Waals surface area contributed by atoms with Crippen molar-refractivity contribution in [1.82, 2.24) is 4.90 Å². The molecular weight excluding hydrogens is 233 g/mol. The Balaban J connectivity index is 2.94. The van der Waals surface area contributed by atoms with Gasteiger partial charge in [0.15, 0.2) is 5.54 Å². The molecule has 1 fully saturated rings. The molecule has 6 heteroatoms. The second-order valence-electron chi connectivity index (χ2n) is 4.98. The summed E-state index contributed by atoms with van der Waals surface area (Å²) in [5.41, 5.74) is 3.16. The fourth-order valence-electron chi connectivity index (χ4n) is 2.32. The fourth-order valence-corrected chi connectivity index (χ4v) is 2.32. The lowest BCUT2D eigenvalue weighted by Gasteiger charge is -2.39. The van der Waals surface area contributed by atoms with E-state index in [2.05, 4.69) is 0 Å². The number of hydrogen-bond donors (Lipinski definition) is 1. The molecule has 0 aliphatic carbocycles. The summed E-state index contributed by atoms with van der Waals surface area (Å²) in [5, 5.41) is 0. The molecule has 1 aliphatic rings. The third-order valence-electron chi connectivity index (χ3n) is 3.24. The number of alkyl halides is 3. The molecule has 1 rings (SSSR count). The first-order valence-electron chi connectivity index (χ1n) is 5.82. The van der Waals surface area contributed by atoms with Gasteiger partial charge in [-0.3, -0.25) is 4.79 Å². The van der Waals surface area contributed by atoms with E-state index in [1.54, 1.807) is 0 Å². The van der Waals surface area contributed by atoms with Crippen LogP contribution >= 0.6 is 0 Å². The second-order valence-corrected chi connectivity index (χ2v) is 4.98. The Morgan fingerprint density at radius 2 is 2.06 bits per heavy atom. The van der Waals surface area contributed by atoms with Crippen LogP contribution < -0.4 is 5.73 Å². The van der Waals surface area contributed by atoms with Crippen molar-refractivity contribution in [3.05, 3.63) is 0 Å². The van der Waals surface area contributed by atoms with Crippen molar-refractivity contribution in [2.24, 2.45) is 11.7 Å². The van der Waals surface area contributed by atoms with E-state index in [1.165, 1.54) is 0 Å². The van der Waals surface area contributed by atoms with Gasteiger partial charge >= 0.3 is 6.18 Å². The predicted octanol–water partition coefficient (Wildman–Crippen LogP) is 1.91. The zero-order valence-corrected chi connectivity index (χ0v) is 10.2. The first-order chi connectivity index (χ1) is 7.74. The van der Waals surface area contributed by atoms with Gasteiger partial charge in [-0.25, -0.2) is 0 Å². The SMILES string of the molecule is CC(C)CC(=O)N1CCCC1(CN)C(F)(F)F. The lowest BCUT2D eigenvalue weighted by molar-refractivity contribution is -0.220. The average Bonchev–Trinajstić information content (AvgIpc) is 2.59. The number of hydrogen-bond acceptors (Lipinski definition) is 2. The average molecular weight is 252 g/mol. The minimum atomic E-state index is -4.45. The molecule has 2 N–H and O–H groups in total. The first kappa shape index (κ1) is 14.3. The van der Waals surface area contributed by atoms with Gasteiger partial charge in [-0.1, -0.05) is 13.8 Å². The lowest BCUT2D eigenvalue weighted by atomic mass is 9.94. The standard InChI is InChI=1S/C11H19F3N2O/c1-8(2)6-9(17)16-5-3-4-10(16,7-15)11(12,13)14/h8H,3-7,15H2,1-2H3. The smallest absolute Gasteiger partial charge is 0.328 e. The highest BCUT2D eigenvalue weighted by atomic mass is 19.4. The van der Waals surface area contributed by atoms with Crippen molar-refractivity contribution < 1.29 is 18.0 Å². The molecule has 1 heterocycles. The van der Waals surface area contributed by atoms with E-state index >= 15 is 0 Å². The number of rotatable bonds is 3. The molecule has 0 bridgehead atoms. The normalized spacial score (nSPS) is 25.7. The molecule has 0 radical (unpaired) electrons. The van der Waals surface area contributed by atoms with Crippen LogP contribution in [0.15, 0.2) is 0 Å². The minimum Gasteiger partial charge on any atom is -0.328 e. The Kier molecular flexibility index (Phi) is 4.06. The zero-order chi connectivity index (χ0) is 13.3. The van der Waals surface area contributed by atoms with Crippen LogP contribution in [0.4, 0.5) is 13.2 Å². The molecule has 17 heavy (non-hydrogen) atoms. The van der Waals surface area contributed by atoms with E-state index in [4.69, 9.17) is 5.73 Å². The van der Waals surface area contributed by atoms with Gasteiger partial charge in [-0.15, -0.1) is 0 Å². The van der Waals surface area contributed by atoms with E-state index in [-0.39, 0.29) is 25.3 Å². The van der Waals surface area contributed by atoms with Crippen molar-refractivity contribution >= 4 is 5.91 Å². The number of halogens is 3. The molecule has 0 spiro atoms. The van der Waals surface area contributed by atoms with Crippen LogP contribution in [0.2, 0.25) is 0 Å². The fraction of sp³-hybridized carbons (Fsp3) is 0.909. The third-order valence-corrected chi connectivity index (χ3v) is 3.24. The van der Waals surface area contributed by atoms with E-state index < -0.39 is 24.2 Å². The van der Waals surface area contributed by atoms with Crippen molar-refractivity contribution in [3.8, 4) is 0 Å². The zero-order valence-electron chi connectivity index (χ0n) is 10.2. The molecule has 1 amide bonds. The van der Waals surface area contributed by atoms with Crippen molar-refractivity contribution in [3.63, 3.8) is 0 Å². The summed E-state index contributed by atoms with van der Waals surface area (Å²) in [6, 6.07) is 0. The molecule has 100 valence electrons. The number of amides is 1. The monoisotopic (exact) mass is 252 g/mol. The Morgan fingerprint density at radius 1 is 1.47 bits per heavy atom.